The highest BCUT2D eigenvalue weighted by Gasteiger charge is 2.31. The van der Waals surface area contributed by atoms with Crippen molar-refractivity contribution in [2.45, 2.75) is 45.4 Å². The van der Waals surface area contributed by atoms with E-state index in [4.69, 9.17) is 4.74 Å². The Labute approximate surface area is 159 Å². The molecule has 2 unspecified atom stereocenters. The molecule has 0 saturated carbocycles. The number of rotatable bonds is 6. The first-order chi connectivity index (χ1) is 12.6. The number of hydrogen-bond acceptors (Lipinski definition) is 7. The second kappa shape index (κ2) is 7.40. The lowest BCUT2D eigenvalue weighted by atomic mass is 10.2. The number of aryl methyl sites for hydroxylation is 1. The highest BCUT2D eigenvalue weighted by Crippen LogP contribution is 2.29. The number of ether oxygens (including phenoxy) is 1. The molecule has 2 aliphatic rings. The highest BCUT2D eigenvalue weighted by atomic mass is 32.1. The Kier molecular flexibility index (Phi) is 5.00. The summed E-state index contributed by atoms with van der Waals surface area (Å²) < 4.78 is 6.31. The van der Waals surface area contributed by atoms with Crippen molar-refractivity contribution >= 4 is 22.3 Å². The monoisotopic (exact) mass is 373 g/mol. The summed E-state index contributed by atoms with van der Waals surface area (Å²) in [6, 6.07) is 2.66. The summed E-state index contributed by atoms with van der Waals surface area (Å²) in [5, 5.41) is 4.08. The molecular weight excluding hydrogens is 346 g/mol. The Hall–Kier alpha value is -1.86. The van der Waals surface area contributed by atoms with E-state index in [-0.39, 0.29) is 6.10 Å². The van der Waals surface area contributed by atoms with Crippen LogP contribution in [0, 0.1) is 6.92 Å². The first-order valence-electron chi connectivity index (χ1n) is 9.37. The number of anilines is 2. The van der Waals surface area contributed by atoms with E-state index in [0.717, 1.165) is 49.3 Å². The van der Waals surface area contributed by atoms with Gasteiger partial charge < -0.3 is 15.0 Å². The van der Waals surface area contributed by atoms with Crippen LogP contribution in [0.2, 0.25) is 0 Å². The summed E-state index contributed by atoms with van der Waals surface area (Å²) in [6.07, 6.45) is 6.41. The summed E-state index contributed by atoms with van der Waals surface area (Å²) in [5.41, 5.74) is 1.18. The van der Waals surface area contributed by atoms with E-state index in [1.54, 1.807) is 11.3 Å². The largest absolute Gasteiger partial charge is 0.487 e. The molecule has 26 heavy (non-hydrogen) atoms. The zero-order chi connectivity index (χ0) is 18.1. The average Bonchev–Trinajstić information content (AvgIpc) is 3.16. The predicted molar refractivity (Wildman–Crippen MR) is 106 cm³/mol. The van der Waals surface area contributed by atoms with Crippen molar-refractivity contribution in [3.05, 3.63) is 28.9 Å². The molecule has 2 aromatic heterocycles. The minimum absolute atomic E-state index is 0.219. The molecule has 7 heteroatoms. The van der Waals surface area contributed by atoms with Gasteiger partial charge in [-0.25, -0.2) is 9.97 Å². The molecule has 2 saturated heterocycles. The molecular formula is C19H27N5OS. The van der Waals surface area contributed by atoms with E-state index in [2.05, 4.69) is 45.0 Å². The van der Waals surface area contributed by atoms with Gasteiger partial charge in [-0.2, -0.15) is 0 Å². The molecule has 2 aliphatic heterocycles. The van der Waals surface area contributed by atoms with Gasteiger partial charge in [0, 0.05) is 56.8 Å². The van der Waals surface area contributed by atoms with E-state index >= 15 is 0 Å². The van der Waals surface area contributed by atoms with Crippen molar-refractivity contribution in [3.8, 4) is 5.75 Å². The van der Waals surface area contributed by atoms with E-state index in [1.165, 1.54) is 16.9 Å². The minimum Gasteiger partial charge on any atom is -0.487 e. The fourth-order valence-corrected chi connectivity index (χ4v) is 4.39. The zero-order valence-corrected chi connectivity index (χ0v) is 16.6. The third kappa shape index (κ3) is 3.64. The number of likely N-dealkylation sites (tertiary alicyclic amines) is 1. The molecule has 2 fully saturated rings. The summed E-state index contributed by atoms with van der Waals surface area (Å²) in [4.78, 5) is 15.0. The summed E-state index contributed by atoms with van der Waals surface area (Å²) >= 11 is 1.72. The van der Waals surface area contributed by atoms with Crippen molar-refractivity contribution in [2.75, 3.05) is 36.9 Å². The molecule has 1 N–H and O–H groups in total. The SMILES string of the molecule is CNc1ncc(CN2CC(Oc3cnc(N4CCC4)cc3C)CC2C)s1. The second-order valence-corrected chi connectivity index (χ2v) is 8.40. The Morgan fingerprint density at radius 3 is 2.81 bits per heavy atom. The maximum atomic E-state index is 6.31. The van der Waals surface area contributed by atoms with Crippen LogP contribution in [0.1, 0.15) is 30.2 Å². The van der Waals surface area contributed by atoms with Crippen LogP contribution >= 0.6 is 11.3 Å². The van der Waals surface area contributed by atoms with E-state index < -0.39 is 0 Å². The average molecular weight is 374 g/mol. The first-order valence-corrected chi connectivity index (χ1v) is 10.2. The number of aromatic nitrogens is 2. The van der Waals surface area contributed by atoms with Crippen LogP contribution in [-0.4, -0.2) is 53.7 Å². The van der Waals surface area contributed by atoms with Gasteiger partial charge >= 0.3 is 0 Å². The first kappa shape index (κ1) is 17.5. The van der Waals surface area contributed by atoms with E-state index in [1.807, 2.05) is 19.4 Å². The van der Waals surface area contributed by atoms with Crippen molar-refractivity contribution < 1.29 is 4.74 Å². The Morgan fingerprint density at radius 1 is 1.31 bits per heavy atom. The summed E-state index contributed by atoms with van der Waals surface area (Å²) in [5.74, 6) is 2.00. The van der Waals surface area contributed by atoms with Gasteiger partial charge in [-0.3, -0.25) is 4.90 Å². The van der Waals surface area contributed by atoms with Gasteiger partial charge in [-0.05, 0) is 31.9 Å². The molecule has 2 atom stereocenters. The molecule has 0 amide bonds. The molecule has 6 nitrogen and oxygen atoms in total. The van der Waals surface area contributed by atoms with E-state index in [0.29, 0.717) is 6.04 Å². The lowest BCUT2D eigenvalue weighted by molar-refractivity contribution is 0.194. The molecule has 0 radical (unpaired) electrons. The second-order valence-electron chi connectivity index (χ2n) is 7.28. The van der Waals surface area contributed by atoms with Gasteiger partial charge in [0.2, 0.25) is 0 Å². The molecule has 4 heterocycles. The van der Waals surface area contributed by atoms with Gasteiger partial charge in [-0.15, -0.1) is 11.3 Å². The third-order valence-electron chi connectivity index (χ3n) is 5.31. The predicted octanol–water partition coefficient (Wildman–Crippen LogP) is 3.14. The molecule has 0 spiro atoms. The van der Waals surface area contributed by atoms with Gasteiger partial charge in [0.1, 0.15) is 17.7 Å². The normalized spacial score (nSPS) is 23.1. The third-order valence-corrected chi connectivity index (χ3v) is 6.31. The van der Waals surface area contributed by atoms with Crippen LogP contribution in [0.5, 0.6) is 5.75 Å². The molecule has 0 aromatic carbocycles. The Bertz CT molecular complexity index is 760. The maximum Gasteiger partial charge on any atom is 0.182 e. The quantitative estimate of drug-likeness (QED) is 0.840. The summed E-state index contributed by atoms with van der Waals surface area (Å²) in [7, 11) is 1.91. The number of nitrogens with zero attached hydrogens (tertiary/aromatic N) is 4. The highest BCUT2D eigenvalue weighted by molar-refractivity contribution is 7.15. The minimum atomic E-state index is 0.219. The fraction of sp³-hybridized carbons (Fsp3) is 0.579. The van der Waals surface area contributed by atoms with Crippen LogP contribution in [0.3, 0.4) is 0 Å². The van der Waals surface area contributed by atoms with Crippen LogP contribution in [0.15, 0.2) is 18.5 Å². The standard InChI is InChI=1S/C19H27N5OS/c1-13-7-18(23-5-4-6-23)21-10-17(13)25-15-8-14(2)24(11-15)12-16-9-22-19(20-3)26-16/h7,9-10,14-15H,4-6,8,11-12H2,1-3H3,(H,20,22). The van der Waals surface area contributed by atoms with Crippen molar-refractivity contribution in [3.63, 3.8) is 0 Å². The van der Waals surface area contributed by atoms with Crippen molar-refractivity contribution in [1.82, 2.24) is 14.9 Å². The number of nitrogens with one attached hydrogen (secondary N) is 1. The smallest absolute Gasteiger partial charge is 0.182 e. The maximum absolute atomic E-state index is 6.31. The fourth-order valence-electron chi connectivity index (χ4n) is 3.60. The van der Waals surface area contributed by atoms with Crippen LogP contribution < -0.4 is 15.0 Å². The molecule has 140 valence electrons. The van der Waals surface area contributed by atoms with Crippen LogP contribution in [-0.2, 0) is 6.54 Å². The lowest BCUT2D eigenvalue weighted by Crippen LogP contribution is -2.37. The van der Waals surface area contributed by atoms with E-state index in [9.17, 15) is 0 Å². The molecule has 4 rings (SSSR count). The van der Waals surface area contributed by atoms with Crippen molar-refractivity contribution in [1.29, 1.82) is 0 Å². The van der Waals surface area contributed by atoms with Crippen LogP contribution in [0.4, 0.5) is 10.9 Å². The topological polar surface area (TPSA) is 53.5 Å². The van der Waals surface area contributed by atoms with Crippen molar-refractivity contribution in [2.24, 2.45) is 0 Å². The number of hydrogen-bond donors (Lipinski definition) is 1. The van der Waals surface area contributed by atoms with Gasteiger partial charge in [0.05, 0.1) is 6.20 Å². The molecule has 0 bridgehead atoms. The number of pyridine rings is 1. The van der Waals surface area contributed by atoms with Gasteiger partial charge in [-0.1, -0.05) is 0 Å². The molecule has 2 aromatic rings. The van der Waals surface area contributed by atoms with Gasteiger partial charge in [0.15, 0.2) is 5.13 Å². The zero-order valence-electron chi connectivity index (χ0n) is 15.7. The Morgan fingerprint density at radius 2 is 2.15 bits per heavy atom. The molecule has 0 aliphatic carbocycles. The summed E-state index contributed by atoms with van der Waals surface area (Å²) in [6.45, 7) is 8.52. The van der Waals surface area contributed by atoms with Gasteiger partial charge in [0.25, 0.3) is 0 Å². The number of thiazole rings is 1. The Balaban J connectivity index is 1.37. The van der Waals surface area contributed by atoms with Crippen LogP contribution in [0.25, 0.3) is 0 Å². The lowest BCUT2D eigenvalue weighted by Gasteiger charge is -2.32.